The van der Waals surface area contributed by atoms with Crippen LogP contribution in [0, 0.1) is 5.92 Å². The lowest BCUT2D eigenvalue weighted by Crippen LogP contribution is -2.30. The molecule has 1 saturated carbocycles. The van der Waals surface area contributed by atoms with Gasteiger partial charge in [-0.15, -0.1) is 0 Å². The molecule has 1 aromatic carbocycles. The zero-order valence-electron chi connectivity index (χ0n) is 12.8. The van der Waals surface area contributed by atoms with Crippen molar-refractivity contribution in [3.8, 4) is 5.75 Å². The summed E-state index contributed by atoms with van der Waals surface area (Å²) in [5, 5.41) is 0.566. The van der Waals surface area contributed by atoms with Crippen LogP contribution in [0.4, 0.5) is 0 Å². The van der Waals surface area contributed by atoms with Crippen LogP contribution in [-0.2, 0) is 0 Å². The number of likely N-dealkylation sites (tertiary alicyclic amines) is 1. The number of ether oxygens (including phenoxy) is 1. The van der Waals surface area contributed by atoms with E-state index in [1.807, 2.05) is 11.0 Å². The molecule has 2 fully saturated rings. The van der Waals surface area contributed by atoms with Crippen LogP contribution in [0.5, 0.6) is 5.75 Å². The monoisotopic (exact) mass is 322 g/mol. The minimum Gasteiger partial charge on any atom is -0.490 e. The summed E-state index contributed by atoms with van der Waals surface area (Å²) in [7, 11) is 0. The van der Waals surface area contributed by atoms with Crippen LogP contribution in [0.25, 0.3) is 0 Å². The maximum atomic E-state index is 12.8. The normalized spacial score (nSPS) is 22.3. The van der Waals surface area contributed by atoms with Crippen molar-refractivity contribution in [3.05, 3.63) is 28.8 Å². The van der Waals surface area contributed by atoms with Crippen molar-refractivity contribution in [2.24, 2.45) is 11.7 Å². The SMILES string of the molecule is NC[C@H]1CCN(C(=O)c2cc(Cl)ccc2OC2CCCC2)C1. The van der Waals surface area contributed by atoms with E-state index in [0.717, 1.165) is 32.4 Å². The fourth-order valence-electron chi connectivity index (χ4n) is 3.34. The summed E-state index contributed by atoms with van der Waals surface area (Å²) in [6.07, 6.45) is 5.73. The van der Waals surface area contributed by atoms with Crippen molar-refractivity contribution in [1.82, 2.24) is 4.90 Å². The zero-order valence-corrected chi connectivity index (χ0v) is 13.5. The summed E-state index contributed by atoms with van der Waals surface area (Å²) in [5.41, 5.74) is 6.29. The highest BCUT2D eigenvalue weighted by molar-refractivity contribution is 6.31. The van der Waals surface area contributed by atoms with Gasteiger partial charge < -0.3 is 15.4 Å². The predicted molar refractivity (Wildman–Crippen MR) is 87.4 cm³/mol. The quantitative estimate of drug-likeness (QED) is 0.926. The third kappa shape index (κ3) is 3.39. The van der Waals surface area contributed by atoms with Crippen LogP contribution in [0.2, 0.25) is 5.02 Å². The molecule has 1 heterocycles. The number of carbonyl (C=O) groups is 1. The topological polar surface area (TPSA) is 55.6 Å². The molecule has 120 valence electrons. The molecule has 1 atom stereocenters. The fourth-order valence-corrected chi connectivity index (χ4v) is 3.51. The summed E-state index contributed by atoms with van der Waals surface area (Å²) in [5.74, 6) is 1.08. The number of hydrogen-bond donors (Lipinski definition) is 1. The molecule has 0 radical (unpaired) electrons. The van der Waals surface area contributed by atoms with Crippen LogP contribution in [-0.4, -0.2) is 36.5 Å². The van der Waals surface area contributed by atoms with Gasteiger partial charge in [-0.3, -0.25) is 4.79 Å². The van der Waals surface area contributed by atoms with Crippen LogP contribution in [0.15, 0.2) is 18.2 Å². The van der Waals surface area contributed by atoms with Gasteiger partial charge in [-0.2, -0.15) is 0 Å². The lowest BCUT2D eigenvalue weighted by Gasteiger charge is -2.21. The fraction of sp³-hybridized carbons (Fsp3) is 0.588. The average molecular weight is 323 g/mol. The molecule has 1 aromatic rings. The molecular weight excluding hydrogens is 300 g/mol. The second-order valence-corrected chi connectivity index (χ2v) is 6.74. The van der Waals surface area contributed by atoms with Crippen LogP contribution in [0.1, 0.15) is 42.5 Å². The number of benzene rings is 1. The molecule has 5 heteroatoms. The molecule has 1 aliphatic carbocycles. The average Bonchev–Trinajstić information content (AvgIpc) is 3.19. The Labute approximate surface area is 136 Å². The van der Waals surface area contributed by atoms with Crippen molar-refractivity contribution in [1.29, 1.82) is 0 Å². The van der Waals surface area contributed by atoms with Gasteiger partial charge in [-0.1, -0.05) is 11.6 Å². The van der Waals surface area contributed by atoms with Gasteiger partial charge in [0.2, 0.25) is 0 Å². The lowest BCUT2D eigenvalue weighted by atomic mass is 10.1. The first-order valence-electron chi connectivity index (χ1n) is 8.13. The molecule has 4 nitrogen and oxygen atoms in total. The number of rotatable bonds is 4. The minimum absolute atomic E-state index is 0.00597. The predicted octanol–water partition coefficient (Wildman–Crippen LogP) is 3.08. The molecule has 2 aliphatic rings. The Kier molecular flexibility index (Phi) is 4.89. The third-order valence-electron chi connectivity index (χ3n) is 4.67. The minimum atomic E-state index is 0.00597. The van der Waals surface area contributed by atoms with E-state index in [2.05, 4.69) is 0 Å². The number of nitrogens with zero attached hydrogens (tertiary/aromatic N) is 1. The third-order valence-corrected chi connectivity index (χ3v) is 4.91. The number of halogens is 1. The first-order chi connectivity index (χ1) is 10.7. The second kappa shape index (κ2) is 6.88. The molecule has 2 N–H and O–H groups in total. The summed E-state index contributed by atoms with van der Waals surface area (Å²) >= 11 is 6.09. The highest BCUT2D eigenvalue weighted by Crippen LogP contribution is 2.30. The lowest BCUT2D eigenvalue weighted by molar-refractivity contribution is 0.0780. The summed E-state index contributed by atoms with van der Waals surface area (Å²) in [6, 6.07) is 5.34. The van der Waals surface area contributed by atoms with Crippen LogP contribution in [0.3, 0.4) is 0 Å². The maximum Gasteiger partial charge on any atom is 0.257 e. The molecule has 0 spiro atoms. The molecule has 1 amide bonds. The first-order valence-corrected chi connectivity index (χ1v) is 8.50. The van der Waals surface area contributed by atoms with E-state index in [9.17, 15) is 4.79 Å². The summed E-state index contributed by atoms with van der Waals surface area (Å²) in [4.78, 5) is 14.7. The van der Waals surface area contributed by atoms with Gasteiger partial charge in [-0.25, -0.2) is 0 Å². The van der Waals surface area contributed by atoms with Crippen molar-refractivity contribution in [2.75, 3.05) is 19.6 Å². The van der Waals surface area contributed by atoms with Crippen molar-refractivity contribution < 1.29 is 9.53 Å². The molecule has 1 aliphatic heterocycles. The van der Waals surface area contributed by atoms with Gasteiger partial charge in [0.25, 0.3) is 5.91 Å². The number of nitrogens with two attached hydrogens (primary N) is 1. The molecule has 1 saturated heterocycles. The van der Waals surface area contributed by atoms with Crippen molar-refractivity contribution in [2.45, 2.75) is 38.2 Å². The Morgan fingerprint density at radius 2 is 2.09 bits per heavy atom. The van der Waals surface area contributed by atoms with E-state index in [0.29, 0.717) is 28.8 Å². The van der Waals surface area contributed by atoms with Gasteiger partial charge >= 0.3 is 0 Å². The Bertz CT molecular complexity index is 543. The number of hydrogen-bond acceptors (Lipinski definition) is 3. The number of carbonyl (C=O) groups excluding carboxylic acids is 1. The van der Waals surface area contributed by atoms with Gasteiger partial charge in [-0.05, 0) is 62.8 Å². The highest BCUT2D eigenvalue weighted by Gasteiger charge is 2.28. The number of amides is 1. The summed E-state index contributed by atoms with van der Waals surface area (Å²) < 4.78 is 6.06. The molecule has 0 aromatic heterocycles. The van der Waals surface area contributed by atoms with E-state index < -0.39 is 0 Å². The molecule has 22 heavy (non-hydrogen) atoms. The van der Waals surface area contributed by atoms with E-state index in [-0.39, 0.29) is 12.0 Å². The van der Waals surface area contributed by atoms with E-state index >= 15 is 0 Å². The molecule has 3 rings (SSSR count). The Morgan fingerprint density at radius 3 is 2.77 bits per heavy atom. The maximum absolute atomic E-state index is 12.8. The van der Waals surface area contributed by atoms with E-state index in [1.54, 1.807) is 12.1 Å². The first kappa shape index (κ1) is 15.6. The zero-order chi connectivity index (χ0) is 15.5. The molecular formula is C17H23ClN2O2. The Hall–Kier alpha value is -1.26. The van der Waals surface area contributed by atoms with Gasteiger partial charge in [0, 0.05) is 18.1 Å². The van der Waals surface area contributed by atoms with Gasteiger partial charge in [0.15, 0.2) is 0 Å². The smallest absolute Gasteiger partial charge is 0.257 e. The van der Waals surface area contributed by atoms with Gasteiger partial charge in [0.1, 0.15) is 5.75 Å². The van der Waals surface area contributed by atoms with E-state index in [1.165, 1.54) is 12.8 Å². The summed E-state index contributed by atoms with van der Waals surface area (Å²) in [6.45, 7) is 2.12. The highest BCUT2D eigenvalue weighted by atomic mass is 35.5. The standard InChI is InChI=1S/C17H23ClN2O2/c18-13-5-6-16(22-14-3-1-2-4-14)15(9-13)17(21)20-8-7-12(10-19)11-20/h5-6,9,12,14H,1-4,7-8,10-11,19H2/t12-/m1/s1. The van der Waals surface area contributed by atoms with Crippen molar-refractivity contribution in [3.63, 3.8) is 0 Å². The Balaban J connectivity index is 1.78. The van der Waals surface area contributed by atoms with Gasteiger partial charge in [0.05, 0.1) is 11.7 Å². The Morgan fingerprint density at radius 1 is 1.32 bits per heavy atom. The van der Waals surface area contributed by atoms with E-state index in [4.69, 9.17) is 22.1 Å². The van der Waals surface area contributed by atoms with Crippen LogP contribution < -0.4 is 10.5 Å². The van der Waals surface area contributed by atoms with Crippen molar-refractivity contribution >= 4 is 17.5 Å². The largest absolute Gasteiger partial charge is 0.490 e. The molecule has 0 bridgehead atoms. The van der Waals surface area contributed by atoms with Crippen LogP contribution >= 0.6 is 11.6 Å². The second-order valence-electron chi connectivity index (χ2n) is 6.31. The molecule has 0 unspecified atom stereocenters.